The predicted octanol–water partition coefficient (Wildman–Crippen LogP) is 4.00. The van der Waals surface area contributed by atoms with Crippen molar-refractivity contribution < 1.29 is 5.11 Å². The van der Waals surface area contributed by atoms with Crippen molar-refractivity contribution in [2.75, 3.05) is 6.61 Å². The molecule has 1 N–H and O–H groups in total. The molecule has 94 valence electrons. The topological polar surface area (TPSA) is 20.2 Å². The second-order valence-electron chi connectivity index (χ2n) is 6.31. The molecule has 0 aromatic carbocycles. The smallest absolute Gasteiger partial charge is 0.0433 e. The third-order valence-electron chi connectivity index (χ3n) is 5.16. The molecule has 0 amide bonds. The summed E-state index contributed by atoms with van der Waals surface area (Å²) in [6.45, 7) is 2.81. The Labute approximate surface area is 101 Å². The summed E-state index contributed by atoms with van der Waals surface area (Å²) in [7, 11) is 0. The molecule has 0 spiro atoms. The van der Waals surface area contributed by atoms with Crippen LogP contribution in [0, 0.1) is 23.7 Å². The third-order valence-corrected chi connectivity index (χ3v) is 5.16. The maximum absolute atomic E-state index is 8.96. The van der Waals surface area contributed by atoms with E-state index >= 15 is 0 Å². The Morgan fingerprint density at radius 1 is 0.812 bits per heavy atom. The van der Waals surface area contributed by atoms with Crippen LogP contribution < -0.4 is 0 Å². The normalized spacial score (nSPS) is 40.9. The molecule has 0 atom stereocenters. The van der Waals surface area contributed by atoms with E-state index in [1.165, 1.54) is 51.4 Å². The Morgan fingerprint density at radius 3 is 1.81 bits per heavy atom. The predicted molar refractivity (Wildman–Crippen MR) is 68.3 cm³/mol. The van der Waals surface area contributed by atoms with E-state index in [1.54, 1.807) is 0 Å². The van der Waals surface area contributed by atoms with Crippen molar-refractivity contribution in [2.45, 2.75) is 64.7 Å². The van der Waals surface area contributed by atoms with Gasteiger partial charge in [-0.05, 0) is 55.8 Å². The molecule has 1 nitrogen and oxygen atoms in total. The highest BCUT2D eigenvalue weighted by Gasteiger charge is 2.29. The van der Waals surface area contributed by atoms with Crippen molar-refractivity contribution in [3.8, 4) is 0 Å². The number of hydrogen-bond acceptors (Lipinski definition) is 1. The van der Waals surface area contributed by atoms with Crippen molar-refractivity contribution in [1.82, 2.24) is 0 Å². The van der Waals surface area contributed by atoms with Crippen LogP contribution >= 0.6 is 0 Å². The van der Waals surface area contributed by atoms with Crippen LogP contribution in [0.4, 0.5) is 0 Å². The van der Waals surface area contributed by atoms with Crippen molar-refractivity contribution in [3.05, 3.63) is 0 Å². The minimum atomic E-state index is 0.399. The van der Waals surface area contributed by atoms with Crippen molar-refractivity contribution >= 4 is 0 Å². The summed E-state index contributed by atoms with van der Waals surface area (Å²) in [4.78, 5) is 0. The van der Waals surface area contributed by atoms with Crippen LogP contribution in [0.15, 0.2) is 0 Å². The maximum Gasteiger partial charge on any atom is 0.0433 e. The fourth-order valence-electron chi connectivity index (χ4n) is 3.89. The molecule has 16 heavy (non-hydrogen) atoms. The van der Waals surface area contributed by atoms with Crippen molar-refractivity contribution in [1.29, 1.82) is 0 Å². The molecule has 0 heterocycles. The van der Waals surface area contributed by atoms with Crippen LogP contribution in [0.3, 0.4) is 0 Å². The molecule has 0 bridgehead atoms. The van der Waals surface area contributed by atoms with E-state index in [0.717, 1.165) is 30.1 Å². The van der Waals surface area contributed by atoms with E-state index in [9.17, 15) is 0 Å². The summed E-state index contributed by atoms with van der Waals surface area (Å²) in [6, 6.07) is 0. The Bertz CT molecular complexity index is 186. The lowest BCUT2D eigenvalue weighted by atomic mass is 9.69. The average molecular weight is 224 g/mol. The summed E-state index contributed by atoms with van der Waals surface area (Å²) in [5.74, 6) is 3.90. The zero-order chi connectivity index (χ0) is 11.4. The summed E-state index contributed by atoms with van der Waals surface area (Å²) in [5, 5.41) is 8.96. The number of aliphatic hydroxyl groups excluding tert-OH is 1. The van der Waals surface area contributed by atoms with Crippen molar-refractivity contribution in [3.63, 3.8) is 0 Å². The van der Waals surface area contributed by atoms with Gasteiger partial charge in [0.2, 0.25) is 0 Å². The first kappa shape index (κ1) is 12.4. The molecule has 0 aromatic rings. The monoisotopic (exact) mass is 224 g/mol. The molecular weight excluding hydrogens is 196 g/mol. The van der Waals surface area contributed by atoms with E-state index in [2.05, 4.69) is 6.92 Å². The van der Waals surface area contributed by atoms with Crippen LogP contribution in [0.25, 0.3) is 0 Å². The highest BCUT2D eigenvalue weighted by Crippen LogP contribution is 2.41. The molecule has 2 aliphatic rings. The van der Waals surface area contributed by atoms with Crippen LogP contribution in [-0.4, -0.2) is 11.7 Å². The Balaban J connectivity index is 1.72. The largest absolute Gasteiger partial charge is 0.396 e. The molecule has 0 saturated heterocycles. The quantitative estimate of drug-likeness (QED) is 0.768. The third kappa shape index (κ3) is 3.23. The summed E-state index contributed by atoms with van der Waals surface area (Å²) >= 11 is 0. The zero-order valence-corrected chi connectivity index (χ0v) is 10.8. The van der Waals surface area contributed by atoms with Crippen molar-refractivity contribution in [2.24, 2.45) is 23.7 Å². The van der Waals surface area contributed by atoms with Gasteiger partial charge in [-0.25, -0.2) is 0 Å². The highest BCUT2D eigenvalue weighted by atomic mass is 16.3. The Kier molecular flexibility index (Phi) is 4.69. The number of rotatable bonds is 3. The van der Waals surface area contributed by atoms with Gasteiger partial charge in [0.25, 0.3) is 0 Å². The summed E-state index contributed by atoms with van der Waals surface area (Å²) in [6.07, 6.45) is 12.7. The summed E-state index contributed by atoms with van der Waals surface area (Å²) < 4.78 is 0. The van der Waals surface area contributed by atoms with Gasteiger partial charge in [-0.3, -0.25) is 0 Å². The van der Waals surface area contributed by atoms with Gasteiger partial charge >= 0.3 is 0 Å². The first-order chi connectivity index (χ1) is 7.79. The fourth-order valence-corrected chi connectivity index (χ4v) is 3.89. The SMILES string of the molecule is CC1CCC(C2CCC(CCO)CC2)CC1. The van der Waals surface area contributed by atoms with Gasteiger partial charge in [0, 0.05) is 6.61 Å². The minimum Gasteiger partial charge on any atom is -0.396 e. The molecule has 2 rings (SSSR count). The number of hydrogen-bond donors (Lipinski definition) is 1. The number of aliphatic hydroxyl groups is 1. The molecule has 2 saturated carbocycles. The van der Waals surface area contributed by atoms with Gasteiger partial charge in [-0.2, -0.15) is 0 Å². The second-order valence-corrected chi connectivity index (χ2v) is 6.31. The first-order valence-electron chi connectivity index (χ1n) is 7.40. The average Bonchev–Trinajstić information content (AvgIpc) is 2.32. The lowest BCUT2D eigenvalue weighted by Gasteiger charge is -2.37. The van der Waals surface area contributed by atoms with Crippen LogP contribution in [0.5, 0.6) is 0 Å². The van der Waals surface area contributed by atoms with Crippen LogP contribution in [-0.2, 0) is 0 Å². The van der Waals surface area contributed by atoms with Gasteiger partial charge in [-0.1, -0.05) is 32.6 Å². The Hall–Kier alpha value is -0.0400. The van der Waals surface area contributed by atoms with E-state index in [0.29, 0.717) is 6.61 Å². The maximum atomic E-state index is 8.96. The standard InChI is InChI=1S/C15H28O/c1-12-2-6-14(7-3-12)15-8-4-13(5-9-15)10-11-16/h12-16H,2-11H2,1H3. The molecule has 0 radical (unpaired) electrons. The molecule has 0 unspecified atom stereocenters. The Morgan fingerprint density at radius 2 is 1.31 bits per heavy atom. The van der Waals surface area contributed by atoms with E-state index in [1.807, 2.05) is 0 Å². The zero-order valence-electron chi connectivity index (χ0n) is 10.8. The first-order valence-corrected chi connectivity index (χ1v) is 7.40. The molecule has 0 aliphatic heterocycles. The highest BCUT2D eigenvalue weighted by molar-refractivity contribution is 4.81. The van der Waals surface area contributed by atoms with E-state index in [-0.39, 0.29) is 0 Å². The molecule has 2 aliphatic carbocycles. The van der Waals surface area contributed by atoms with E-state index < -0.39 is 0 Å². The molecule has 1 heteroatoms. The second kappa shape index (κ2) is 6.05. The van der Waals surface area contributed by atoms with Gasteiger partial charge in [-0.15, -0.1) is 0 Å². The minimum absolute atomic E-state index is 0.399. The fraction of sp³-hybridized carbons (Fsp3) is 1.00. The van der Waals surface area contributed by atoms with Crippen LogP contribution in [0.2, 0.25) is 0 Å². The van der Waals surface area contributed by atoms with E-state index in [4.69, 9.17) is 5.11 Å². The van der Waals surface area contributed by atoms with Crippen LogP contribution in [0.1, 0.15) is 64.7 Å². The molecular formula is C15H28O. The lowest BCUT2D eigenvalue weighted by Crippen LogP contribution is -2.25. The van der Waals surface area contributed by atoms with Gasteiger partial charge in [0.15, 0.2) is 0 Å². The summed E-state index contributed by atoms with van der Waals surface area (Å²) in [5.41, 5.74) is 0. The molecule has 0 aromatic heterocycles. The van der Waals surface area contributed by atoms with Gasteiger partial charge < -0.3 is 5.11 Å². The lowest BCUT2D eigenvalue weighted by molar-refractivity contribution is 0.137. The molecule has 2 fully saturated rings. The van der Waals surface area contributed by atoms with Gasteiger partial charge in [0.1, 0.15) is 0 Å². The van der Waals surface area contributed by atoms with Gasteiger partial charge in [0.05, 0.1) is 0 Å².